The van der Waals surface area contributed by atoms with Crippen molar-refractivity contribution in [2.45, 2.75) is 19.3 Å². The van der Waals surface area contributed by atoms with Crippen molar-refractivity contribution in [3.05, 3.63) is 30.3 Å². The summed E-state index contributed by atoms with van der Waals surface area (Å²) in [6.07, 6.45) is 4.18. The second kappa shape index (κ2) is 3.61. The van der Waals surface area contributed by atoms with Gasteiger partial charge in [-0.1, -0.05) is 24.6 Å². The molecule has 1 heteroatoms. The minimum Gasteiger partial charge on any atom is -0.285 e. The van der Waals surface area contributed by atoms with E-state index in [2.05, 4.69) is 17.4 Å². The Morgan fingerprint density at radius 2 is 1.92 bits per heavy atom. The summed E-state index contributed by atoms with van der Waals surface area (Å²) in [5.74, 6) is 0.880. The molecule has 1 radical (unpaired) electrons. The van der Waals surface area contributed by atoms with Gasteiger partial charge in [-0.3, -0.25) is 5.32 Å². The molecule has 0 N–H and O–H groups in total. The lowest BCUT2D eigenvalue weighted by Gasteiger charge is -2.24. The molecule has 12 heavy (non-hydrogen) atoms. The normalized spacial score (nSPS) is 17.0. The third-order valence-electron chi connectivity index (χ3n) is 2.51. The zero-order valence-corrected chi connectivity index (χ0v) is 7.24. The monoisotopic (exact) mass is 160 g/mol. The number of para-hydroxylation sites is 1. The van der Waals surface area contributed by atoms with Crippen LogP contribution in [-0.4, -0.2) is 6.54 Å². The second-order valence-corrected chi connectivity index (χ2v) is 3.47. The quantitative estimate of drug-likeness (QED) is 0.645. The lowest BCUT2D eigenvalue weighted by molar-refractivity contribution is 0.312. The van der Waals surface area contributed by atoms with Gasteiger partial charge in [-0.05, 0) is 30.9 Å². The third-order valence-corrected chi connectivity index (χ3v) is 2.51. The van der Waals surface area contributed by atoms with Crippen molar-refractivity contribution in [3.8, 4) is 0 Å². The maximum absolute atomic E-state index is 4.53. The van der Waals surface area contributed by atoms with Crippen LogP contribution < -0.4 is 5.32 Å². The molecule has 0 aliphatic heterocycles. The summed E-state index contributed by atoms with van der Waals surface area (Å²) in [7, 11) is 0. The third kappa shape index (κ3) is 1.79. The number of benzene rings is 1. The predicted molar refractivity (Wildman–Crippen MR) is 50.4 cm³/mol. The first kappa shape index (κ1) is 7.66. The van der Waals surface area contributed by atoms with Crippen LogP contribution in [0.1, 0.15) is 19.3 Å². The average Bonchev–Trinajstić information content (AvgIpc) is 2.04. The van der Waals surface area contributed by atoms with Crippen molar-refractivity contribution < 1.29 is 0 Å². The zero-order valence-electron chi connectivity index (χ0n) is 7.24. The lowest BCUT2D eigenvalue weighted by Crippen LogP contribution is -2.20. The fourth-order valence-electron chi connectivity index (χ4n) is 1.44. The van der Waals surface area contributed by atoms with Gasteiger partial charge in [0.15, 0.2) is 0 Å². The first-order valence-corrected chi connectivity index (χ1v) is 4.68. The molecule has 0 unspecified atom stereocenters. The van der Waals surface area contributed by atoms with E-state index in [4.69, 9.17) is 0 Å². The van der Waals surface area contributed by atoms with E-state index in [9.17, 15) is 0 Å². The molecule has 0 atom stereocenters. The zero-order chi connectivity index (χ0) is 8.23. The molecule has 0 aromatic heterocycles. The molecule has 1 aliphatic rings. The molecule has 1 aromatic carbocycles. The highest BCUT2D eigenvalue weighted by molar-refractivity contribution is 5.34. The molecule has 1 aromatic rings. The van der Waals surface area contributed by atoms with Gasteiger partial charge < -0.3 is 0 Å². The van der Waals surface area contributed by atoms with Crippen molar-refractivity contribution in [1.82, 2.24) is 5.32 Å². The first-order chi connectivity index (χ1) is 5.95. The Balaban J connectivity index is 1.79. The highest BCUT2D eigenvalue weighted by atomic mass is 14.9. The van der Waals surface area contributed by atoms with Crippen LogP contribution in [0.3, 0.4) is 0 Å². The van der Waals surface area contributed by atoms with E-state index in [1.807, 2.05) is 18.2 Å². The van der Waals surface area contributed by atoms with Gasteiger partial charge in [0.2, 0.25) is 0 Å². The van der Waals surface area contributed by atoms with E-state index in [1.165, 1.54) is 19.3 Å². The molecule has 0 heterocycles. The Bertz CT molecular complexity index is 226. The summed E-state index contributed by atoms with van der Waals surface area (Å²) in [5.41, 5.74) is 1.13. The van der Waals surface area contributed by atoms with Crippen LogP contribution in [0.4, 0.5) is 5.69 Å². The molecule has 1 saturated carbocycles. The minimum absolute atomic E-state index is 0.880. The molecule has 0 amide bonds. The molecule has 63 valence electrons. The van der Waals surface area contributed by atoms with Crippen LogP contribution in [0.5, 0.6) is 0 Å². The molecule has 1 fully saturated rings. The first-order valence-electron chi connectivity index (χ1n) is 4.68. The predicted octanol–water partition coefficient (Wildman–Crippen LogP) is 2.72. The number of hydrogen-bond donors (Lipinski definition) is 0. The molecule has 1 aliphatic carbocycles. The van der Waals surface area contributed by atoms with Crippen molar-refractivity contribution in [1.29, 1.82) is 0 Å². The van der Waals surface area contributed by atoms with E-state index in [1.54, 1.807) is 0 Å². The molecule has 2 rings (SSSR count). The average molecular weight is 160 g/mol. The number of rotatable bonds is 3. The maximum Gasteiger partial charge on any atom is 0.0574 e. The maximum atomic E-state index is 4.53. The van der Waals surface area contributed by atoms with Crippen molar-refractivity contribution in [3.63, 3.8) is 0 Å². The SMILES string of the molecule is c1ccc([N]CC2CCC2)cc1. The number of nitrogens with zero attached hydrogens (tertiary/aromatic N) is 1. The van der Waals surface area contributed by atoms with E-state index >= 15 is 0 Å². The van der Waals surface area contributed by atoms with Crippen LogP contribution in [0.25, 0.3) is 0 Å². The van der Waals surface area contributed by atoms with Gasteiger partial charge >= 0.3 is 0 Å². The van der Waals surface area contributed by atoms with Crippen LogP contribution in [0.2, 0.25) is 0 Å². The van der Waals surface area contributed by atoms with E-state index in [0.717, 1.165) is 18.2 Å². The largest absolute Gasteiger partial charge is 0.285 e. The Morgan fingerprint density at radius 3 is 2.50 bits per heavy atom. The van der Waals surface area contributed by atoms with Crippen molar-refractivity contribution in [2.24, 2.45) is 5.92 Å². The molecule has 1 nitrogen and oxygen atoms in total. The summed E-state index contributed by atoms with van der Waals surface area (Å²) in [5, 5.41) is 4.53. The van der Waals surface area contributed by atoms with Gasteiger partial charge in [-0.15, -0.1) is 0 Å². The Morgan fingerprint density at radius 1 is 1.17 bits per heavy atom. The van der Waals surface area contributed by atoms with E-state index < -0.39 is 0 Å². The summed E-state index contributed by atoms with van der Waals surface area (Å²) in [4.78, 5) is 0. The van der Waals surface area contributed by atoms with Crippen LogP contribution in [-0.2, 0) is 0 Å². The fraction of sp³-hybridized carbons (Fsp3) is 0.455. The van der Waals surface area contributed by atoms with Crippen molar-refractivity contribution in [2.75, 3.05) is 6.54 Å². The number of hydrogen-bond acceptors (Lipinski definition) is 0. The van der Waals surface area contributed by atoms with E-state index in [0.29, 0.717) is 0 Å². The topological polar surface area (TPSA) is 14.1 Å². The molecule has 0 bridgehead atoms. The molecule has 0 saturated heterocycles. The van der Waals surface area contributed by atoms with Crippen LogP contribution in [0, 0.1) is 5.92 Å². The minimum atomic E-state index is 0.880. The summed E-state index contributed by atoms with van der Waals surface area (Å²) in [6, 6.07) is 10.2. The van der Waals surface area contributed by atoms with E-state index in [-0.39, 0.29) is 0 Å². The fourth-order valence-corrected chi connectivity index (χ4v) is 1.44. The van der Waals surface area contributed by atoms with Gasteiger partial charge in [-0.25, -0.2) is 0 Å². The Hall–Kier alpha value is -0.980. The second-order valence-electron chi connectivity index (χ2n) is 3.47. The van der Waals surface area contributed by atoms with Gasteiger partial charge in [0, 0.05) is 6.54 Å². The van der Waals surface area contributed by atoms with Gasteiger partial charge in [0.1, 0.15) is 0 Å². The molecular formula is C11H14N. The Labute approximate surface area is 73.8 Å². The van der Waals surface area contributed by atoms with Crippen molar-refractivity contribution >= 4 is 5.69 Å². The highest BCUT2D eigenvalue weighted by Crippen LogP contribution is 2.26. The smallest absolute Gasteiger partial charge is 0.0574 e. The molecular weight excluding hydrogens is 146 g/mol. The lowest BCUT2D eigenvalue weighted by atomic mass is 9.85. The summed E-state index contributed by atoms with van der Waals surface area (Å²) < 4.78 is 0. The summed E-state index contributed by atoms with van der Waals surface area (Å²) >= 11 is 0. The standard InChI is InChI=1S/C11H14N/c1-2-7-11(8-3-1)12-9-10-5-4-6-10/h1-3,7-8,10H,4-6,9H2. The molecule has 0 spiro atoms. The van der Waals surface area contributed by atoms with Gasteiger partial charge in [0.25, 0.3) is 0 Å². The van der Waals surface area contributed by atoms with Crippen LogP contribution >= 0.6 is 0 Å². The van der Waals surface area contributed by atoms with Crippen LogP contribution in [0.15, 0.2) is 30.3 Å². The Kier molecular flexibility index (Phi) is 2.31. The summed E-state index contributed by atoms with van der Waals surface area (Å²) in [6.45, 7) is 1.03. The van der Waals surface area contributed by atoms with Gasteiger partial charge in [0.05, 0.1) is 5.69 Å². The highest BCUT2D eigenvalue weighted by Gasteiger charge is 2.17. The van der Waals surface area contributed by atoms with Gasteiger partial charge in [-0.2, -0.15) is 0 Å².